The molecular weight excluding hydrogens is 122 g/mol. The molecule has 0 aromatic carbocycles. The molecule has 1 nitrogen and oxygen atoms in total. The van der Waals surface area contributed by atoms with Gasteiger partial charge in [0.25, 0.3) is 0 Å². The summed E-state index contributed by atoms with van der Waals surface area (Å²) in [6, 6.07) is 0. The van der Waals surface area contributed by atoms with E-state index in [-0.39, 0.29) is 0 Å². The molecule has 0 atom stereocenters. The van der Waals surface area contributed by atoms with E-state index in [1.54, 1.807) is 0 Å². The summed E-state index contributed by atoms with van der Waals surface area (Å²) >= 11 is 5.73. The Morgan fingerprint density at radius 1 is 1.75 bits per heavy atom. The zero-order valence-electron chi connectivity index (χ0n) is 4.82. The van der Waals surface area contributed by atoms with Gasteiger partial charge in [0, 0.05) is 11.2 Å². The van der Waals surface area contributed by atoms with E-state index in [2.05, 4.69) is 4.99 Å². The quantitative estimate of drug-likeness (QED) is 0.476. The van der Waals surface area contributed by atoms with E-state index >= 15 is 0 Å². The molecule has 0 saturated heterocycles. The minimum atomic E-state index is 0.910. The third-order valence-electron chi connectivity index (χ3n) is 1.17. The predicted molar refractivity (Wildman–Crippen MR) is 36.3 cm³/mol. The second-order valence-corrected chi connectivity index (χ2v) is 2.30. The maximum absolute atomic E-state index is 5.73. The minimum absolute atomic E-state index is 0.910. The number of hydrogen-bond donors (Lipinski definition) is 0. The summed E-state index contributed by atoms with van der Waals surface area (Å²) < 4.78 is 0. The Hall–Kier alpha value is -0.300. The monoisotopic (exact) mass is 129 g/mol. The Balaban J connectivity index is 2.76. The van der Waals surface area contributed by atoms with Gasteiger partial charge in [0.05, 0.1) is 5.70 Å². The van der Waals surface area contributed by atoms with Gasteiger partial charge in [-0.15, -0.1) is 0 Å². The zero-order valence-corrected chi connectivity index (χ0v) is 5.57. The fourth-order valence-corrected chi connectivity index (χ4v) is 0.802. The van der Waals surface area contributed by atoms with Crippen LogP contribution in [-0.2, 0) is 0 Å². The van der Waals surface area contributed by atoms with Crippen LogP contribution in [0.2, 0.25) is 0 Å². The van der Waals surface area contributed by atoms with Crippen molar-refractivity contribution in [3.63, 3.8) is 0 Å². The van der Waals surface area contributed by atoms with Gasteiger partial charge in [-0.25, -0.2) is 0 Å². The highest BCUT2D eigenvalue weighted by molar-refractivity contribution is 6.30. The Morgan fingerprint density at radius 3 is 2.88 bits per heavy atom. The lowest BCUT2D eigenvalue weighted by molar-refractivity contribution is 1.02. The van der Waals surface area contributed by atoms with Crippen LogP contribution in [0.1, 0.15) is 19.8 Å². The molecule has 0 fully saturated rings. The van der Waals surface area contributed by atoms with E-state index < -0.39 is 0 Å². The second kappa shape index (κ2) is 2.31. The molecule has 0 aromatic heterocycles. The molecule has 0 radical (unpaired) electrons. The molecule has 1 heterocycles. The zero-order chi connectivity index (χ0) is 5.98. The smallest absolute Gasteiger partial charge is 0.0513 e. The van der Waals surface area contributed by atoms with Gasteiger partial charge in [-0.1, -0.05) is 11.6 Å². The fourth-order valence-electron chi connectivity index (χ4n) is 0.644. The molecule has 1 rings (SSSR count). The molecule has 2 heteroatoms. The van der Waals surface area contributed by atoms with Gasteiger partial charge in [-0.3, -0.25) is 4.99 Å². The standard InChI is InChI=1S/C6H8ClN/c1-5-6(7)3-2-4-8-5/h4H,2-3H2,1H3. The van der Waals surface area contributed by atoms with Crippen molar-refractivity contribution >= 4 is 17.8 Å². The summed E-state index contributed by atoms with van der Waals surface area (Å²) in [5.41, 5.74) is 0.970. The van der Waals surface area contributed by atoms with Crippen molar-refractivity contribution in [1.29, 1.82) is 0 Å². The van der Waals surface area contributed by atoms with Crippen molar-refractivity contribution in [2.75, 3.05) is 0 Å². The van der Waals surface area contributed by atoms with Crippen LogP contribution >= 0.6 is 11.6 Å². The van der Waals surface area contributed by atoms with E-state index in [1.807, 2.05) is 13.1 Å². The summed E-state index contributed by atoms with van der Waals surface area (Å²) in [5, 5.41) is 0.910. The van der Waals surface area contributed by atoms with E-state index in [9.17, 15) is 0 Å². The molecule has 1 aliphatic rings. The molecular formula is C6H8ClN. The van der Waals surface area contributed by atoms with Crippen molar-refractivity contribution in [3.05, 3.63) is 10.7 Å². The predicted octanol–water partition coefficient (Wildman–Crippen LogP) is 2.32. The lowest BCUT2D eigenvalue weighted by atomic mass is 10.2. The van der Waals surface area contributed by atoms with E-state index in [4.69, 9.17) is 11.6 Å². The normalized spacial score (nSPS) is 19.8. The average Bonchev–Trinajstić information content (AvgIpc) is 1.77. The summed E-state index contributed by atoms with van der Waals surface area (Å²) in [6.45, 7) is 1.93. The lowest BCUT2D eigenvalue weighted by Crippen LogP contribution is -1.88. The third kappa shape index (κ3) is 1.10. The van der Waals surface area contributed by atoms with Crippen LogP contribution in [0.5, 0.6) is 0 Å². The molecule has 0 aliphatic carbocycles. The number of halogens is 1. The Morgan fingerprint density at radius 2 is 2.50 bits per heavy atom. The van der Waals surface area contributed by atoms with Crippen LogP contribution in [0.3, 0.4) is 0 Å². The molecule has 0 N–H and O–H groups in total. The molecule has 44 valence electrons. The van der Waals surface area contributed by atoms with Gasteiger partial charge in [0.1, 0.15) is 0 Å². The molecule has 0 amide bonds. The highest BCUT2D eigenvalue weighted by atomic mass is 35.5. The number of hydrogen-bond acceptors (Lipinski definition) is 1. The lowest BCUT2D eigenvalue weighted by Gasteiger charge is -2.03. The third-order valence-corrected chi connectivity index (χ3v) is 1.63. The molecule has 0 spiro atoms. The minimum Gasteiger partial charge on any atom is -0.265 e. The molecule has 0 bridgehead atoms. The first kappa shape index (κ1) is 5.83. The Bertz CT molecular complexity index is 147. The van der Waals surface area contributed by atoms with Gasteiger partial charge >= 0.3 is 0 Å². The van der Waals surface area contributed by atoms with E-state index in [0.717, 1.165) is 23.6 Å². The number of allylic oxidation sites excluding steroid dienone is 2. The van der Waals surface area contributed by atoms with Crippen molar-refractivity contribution in [2.45, 2.75) is 19.8 Å². The van der Waals surface area contributed by atoms with Crippen molar-refractivity contribution in [1.82, 2.24) is 0 Å². The maximum Gasteiger partial charge on any atom is 0.0513 e. The second-order valence-electron chi connectivity index (χ2n) is 1.84. The first-order valence-electron chi connectivity index (χ1n) is 2.68. The topological polar surface area (TPSA) is 12.4 Å². The first-order chi connectivity index (χ1) is 3.80. The Labute approximate surface area is 54.1 Å². The van der Waals surface area contributed by atoms with Crippen LogP contribution in [0.15, 0.2) is 15.7 Å². The van der Waals surface area contributed by atoms with Crippen LogP contribution in [-0.4, -0.2) is 6.21 Å². The number of rotatable bonds is 0. The van der Waals surface area contributed by atoms with E-state index in [1.165, 1.54) is 0 Å². The first-order valence-corrected chi connectivity index (χ1v) is 3.06. The number of nitrogens with zero attached hydrogens (tertiary/aromatic N) is 1. The maximum atomic E-state index is 5.73. The Kier molecular flexibility index (Phi) is 1.69. The fraction of sp³-hybridized carbons (Fsp3) is 0.500. The highest BCUT2D eigenvalue weighted by Crippen LogP contribution is 2.18. The summed E-state index contributed by atoms with van der Waals surface area (Å²) in [6.07, 6.45) is 3.87. The van der Waals surface area contributed by atoms with Crippen molar-refractivity contribution in [3.8, 4) is 0 Å². The van der Waals surface area contributed by atoms with Gasteiger partial charge < -0.3 is 0 Å². The van der Waals surface area contributed by atoms with Gasteiger partial charge in [0.2, 0.25) is 0 Å². The van der Waals surface area contributed by atoms with E-state index in [0.29, 0.717) is 0 Å². The van der Waals surface area contributed by atoms with Crippen LogP contribution < -0.4 is 0 Å². The van der Waals surface area contributed by atoms with Crippen molar-refractivity contribution in [2.24, 2.45) is 4.99 Å². The average molecular weight is 130 g/mol. The van der Waals surface area contributed by atoms with Crippen molar-refractivity contribution < 1.29 is 0 Å². The van der Waals surface area contributed by atoms with Gasteiger partial charge in [-0.2, -0.15) is 0 Å². The largest absolute Gasteiger partial charge is 0.265 e. The molecule has 0 aromatic rings. The van der Waals surface area contributed by atoms with Crippen LogP contribution in [0, 0.1) is 0 Å². The van der Waals surface area contributed by atoms with Gasteiger partial charge in [0.15, 0.2) is 0 Å². The molecule has 0 unspecified atom stereocenters. The van der Waals surface area contributed by atoms with Gasteiger partial charge in [-0.05, 0) is 19.8 Å². The van der Waals surface area contributed by atoms with Crippen LogP contribution in [0.4, 0.5) is 0 Å². The summed E-state index contributed by atoms with van der Waals surface area (Å²) in [7, 11) is 0. The molecule has 1 aliphatic heterocycles. The number of aliphatic imine (C=N–C) groups is 1. The van der Waals surface area contributed by atoms with Crippen LogP contribution in [0.25, 0.3) is 0 Å². The molecule has 0 saturated carbocycles. The highest BCUT2D eigenvalue weighted by Gasteiger charge is 2.00. The summed E-state index contributed by atoms with van der Waals surface area (Å²) in [5.74, 6) is 0. The molecule has 8 heavy (non-hydrogen) atoms. The summed E-state index contributed by atoms with van der Waals surface area (Å²) in [4.78, 5) is 4.03. The SMILES string of the molecule is CC1=C(Cl)CCC=N1.